The van der Waals surface area contributed by atoms with Gasteiger partial charge < -0.3 is 21.3 Å². The average Bonchev–Trinajstić information content (AvgIpc) is 3.48. The van der Waals surface area contributed by atoms with Crippen LogP contribution in [0, 0.1) is 0 Å². The van der Waals surface area contributed by atoms with Crippen LogP contribution in [-0.2, 0) is 0 Å². The van der Waals surface area contributed by atoms with Crippen LogP contribution in [0.4, 0.5) is 0 Å². The molecule has 0 spiro atoms. The molecule has 3 rings (SSSR count). The van der Waals surface area contributed by atoms with E-state index in [0.717, 1.165) is 87.5 Å². The number of hydrogen-bond donors (Lipinski definition) is 2. The minimum atomic E-state index is 0.604. The summed E-state index contributed by atoms with van der Waals surface area (Å²) in [4.78, 5) is 16.5. The highest BCUT2D eigenvalue weighted by Gasteiger charge is 2.09. The van der Waals surface area contributed by atoms with Gasteiger partial charge in [-0.2, -0.15) is 0 Å². The van der Waals surface area contributed by atoms with Crippen molar-refractivity contribution in [2.24, 2.45) is 21.5 Å². The van der Waals surface area contributed by atoms with Gasteiger partial charge in [-0.1, -0.05) is 64.1 Å². The molecule has 0 bridgehead atoms. The Kier molecular flexibility index (Phi) is 12.7. The van der Waals surface area contributed by atoms with E-state index in [-0.39, 0.29) is 0 Å². The Labute approximate surface area is 239 Å². The van der Waals surface area contributed by atoms with Crippen LogP contribution in [0.5, 0.6) is 0 Å². The molecule has 210 valence electrons. The summed E-state index contributed by atoms with van der Waals surface area (Å²) in [7, 11) is 0. The van der Waals surface area contributed by atoms with Crippen LogP contribution in [0.2, 0.25) is 0 Å². The van der Waals surface area contributed by atoms with Gasteiger partial charge in [0.05, 0.1) is 0 Å². The van der Waals surface area contributed by atoms with Crippen molar-refractivity contribution in [1.82, 2.24) is 9.80 Å². The highest BCUT2D eigenvalue weighted by molar-refractivity contribution is 7.18. The van der Waals surface area contributed by atoms with E-state index in [2.05, 4.69) is 96.0 Å². The first-order valence-corrected chi connectivity index (χ1v) is 15.2. The van der Waals surface area contributed by atoms with E-state index in [1.165, 1.54) is 9.75 Å². The Morgan fingerprint density at radius 1 is 0.641 bits per heavy atom. The van der Waals surface area contributed by atoms with Gasteiger partial charge in [-0.05, 0) is 87.5 Å². The van der Waals surface area contributed by atoms with Crippen molar-refractivity contribution in [2.45, 2.75) is 40.5 Å². The topological polar surface area (TPSA) is 83.2 Å². The molecule has 0 saturated carbocycles. The molecule has 1 aromatic heterocycles. The number of rotatable bonds is 16. The van der Waals surface area contributed by atoms with Crippen LogP contribution >= 0.6 is 11.3 Å². The zero-order chi connectivity index (χ0) is 28.0. The third kappa shape index (κ3) is 9.31. The summed E-state index contributed by atoms with van der Waals surface area (Å²) in [5, 5.41) is 0. The van der Waals surface area contributed by atoms with Gasteiger partial charge >= 0.3 is 0 Å². The van der Waals surface area contributed by atoms with Gasteiger partial charge in [-0.25, -0.2) is 0 Å². The summed E-state index contributed by atoms with van der Waals surface area (Å²) in [6.45, 7) is 16.7. The minimum Gasteiger partial charge on any atom is -0.384 e. The predicted molar refractivity (Wildman–Crippen MR) is 171 cm³/mol. The lowest BCUT2D eigenvalue weighted by Gasteiger charge is -2.16. The monoisotopic (exact) mass is 546 g/mol. The molecule has 0 radical (unpaired) electrons. The van der Waals surface area contributed by atoms with Crippen molar-refractivity contribution < 1.29 is 0 Å². The number of nitrogens with two attached hydrogens (primary N) is 2. The molecule has 0 aliphatic heterocycles. The van der Waals surface area contributed by atoms with Crippen LogP contribution in [0.25, 0.3) is 20.9 Å². The molecule has 0 fully saturated rings. The molecule has 4 N–H and O–H groups in total. The fourth-order valence-electron chi connectivity index (χ4n) is 4.56. The van der Waals surface area contributed by atoms with Crippen LogP contribution in [0.1, 0.15) is 51.7 Å². The summed E-state index contributed by atoms with van der Waals surface area (Å²) < 4.78 is 0. The quantitative estimate of drug-likeness (QED) is 0.132. The molecule has 0 saturated heterocycles. The maximum Gasteiger partial charge on any atom is 0.125 e. The van der Waals surface area contributed by atoms with Gasteiger partial charge in [0, 0.05) is 34.0 Å². The van der Waals surface area contributed by atoms with Gasteiger partial charge in [0.25, 0.3) is 0 Å². The summed E-state index contributed by atoms with van der Waals surface area (Å²) in [5.41, 5.74) is 16.9. The van der Waals surface area contributed by atoms with Crippen molar-refractivity contribution in [3.63, 3.8) is 0 Å². The standard InChI is InChI=1S/C32H46N6S/c1-5-37(6-2)21-11-19-35-31(33)27-15-9-13-25(23-27)29-17-18-30(39-29)26-14-10-16-28(24-26)32(34)36-20-12-22-38(7-3)8-4/h9-10,13-18,23-24H,5-8,11-12,19-22H2,1-4H3,(H2,33,35)(H2,34,36). The van der Waals surface area contributed by atoms with Crippen LogP contribution in [-0.4, -0.2) is 73.8 Å². The van der Waals surface area contributed by atoms with Crippen molar-refractivity contribution >= 4 is 23.0 Å². The van der Waals surface area contributed by atoms with Crippen molar-refractivity contribution in [2.75, 3.05) is 52.4 Å². The number of amidine groups is 2. The highest BCUT2D eigenvalue weighted by Crippen LogP contribution is 2.35. The van der Waals surface area contributed by atoms with Crippen molar-refractivity contribution in [3.05, 3.63) is 71.8 Å². The number of benzene rings is 2. The SMILES string of the molecule is CCN(CC)CCCN=C(N)c1cccc(-c2ccc(-c3cccc(C(N)=NCCCN(CC)CC)c3)s2)c1. The van der Waals surface area contributed by atoms with Gasteiger partial charge in [-0.3, -0.25) is 9.98 Å². The molecule has 0 amide bonds. The zero-order valence-electron chi connectivity index (χ0n) is 24.2. The fraction of sp³-hybridized carbons (Fsp3) is 0.438. The maximum atomic E-state index is 6.35. The number of aliphatic imine (C=N–C) groups is 2. The molecule has 7 heteroatoms. The molecular weight excluding hydrogens is 500 g/mol. The Bertz CT molecular complexity index is 1110. The first-order valence-electron chi connectivity index (χ1n) is 14.3. The minimum absolute atomic E-state index is 0.604. The van der Waals surface area contributed by atoms with E-state index in [0.29, 0.717) is 11.7 Å². The van der Waals surface area contributed by atoms with Gasteiger partial charge in [0.15, 0.2) is 0 Å². The number of hydrogen-bond acceptors (Lipinski definition) is 5. The lowest BCUT2D eigenvalue weighted by Crippen LogP contribution is -2.24. The van der Waals surface area contributed by atoms with E-state index in [9.17, 15) is 0 Å². The second-order valence-electron chi connectivity index (χ2n) is 9.62. The first kappa shape index (κ1) is 30.5. The maximum absolute atomic E-state index is 6.35. The summed E-state index contributed by atoms with van der Waals surface area (Å²) in [5.74, 6) is 1.21. The number of thiophene rings is 1. The normalized spacial score (nSPS) is 12.6. The third-order valence-electron chi connectivity index (χ3n) is 7.11. The van der Waals surface area contributed by atoms with Gasteiger partial charge in [0.2, 0.25) is 0 Å². The van der Waals surface area contributed by atoms with Crippen LogP contribution in [0.3, 0.4) is 0 Å². The zero-order valence-corrected chi connectivity index (χ0v) is 25.0. The fourth-order valence-corrected chi connectivity index (χ4v) is 5.56. The molecule has 3 aromatic rings. The largest absolute Gasteiger partial charge is 0.384 e. The van der Waals surface area contributed by atoms with E-state index in [4.69, 9.17) is 11.5 Å². The first-order chi connectivity index (χ1) is 19.0. The van der Waals surface area contributed by atoms with Crippen LogP contribution in [0.15, 0.2) is 70.6 Å². The molecule has 2 aromatic carbocycles. The Morgan fingerprint density at radius 2 is 1.05 bits per heavy atom. The van der Waals surface area contributed by atoms with E-state index in [1.807, 2.05) is 12.1 Å². The van der Waals surface area contributed by atoms with E-state index in [1.54, 1.807) is 11.3 Å². The number of nitrogens with zero attached hydrogens (tertiary/aromatic N) is 4. The molecular formula is C32H46N6S. The van der Waals surface area contributed by atoms with E-state index >= 15 is 0 Å². The molecule has 39 heavy (non-hydrogen) atoms. The molecule has 0 unspecified atom stereocenters. The van der Waals surface area contributed by atoms with Crippen LogP contribution < -0.4 is 11.5 Å². The van der Waals surface area contributed by atoms with Crippen molar-refractivity contribution in [3.8, 4) is 20.9 Å². The molecule has 0 aliphatic carbocycles. The molecule has 1 heterocycles. The lowest BCUT2D eigenvalue weighted by molar-refractivity contribution is 0.302. The molecule has 6 nitrogen and oxygen atoms in total. The third-order valence-corrected chi connectivity index (χ3v) is 8.29. The summed E-state index contributed by atoms with van der Waals surface area (Å²) in [6.07, 6.45) is 2.03. The summed E-state index contributed by atoms with van der Waals surface area (Å²) >= 11 is 1.77. The second-order valence-corrected chi connectivity index (χ2v) is 10.7. The van der Waals surface area contributed by atoms with Gasteiger partial charge in [0.1, 0.15) is 11.7 Å². The average molecular weight is 547 g/mol. The highest BCUT2D eigenvalue weighted by atomic mass is 32.1. The van der Waals surface area contributed by atoms with Gasteiger partial charge in [-0.15, -0.1) is 11.3 Å². The molecule has 0 aliphatic rings. The van der Waals surface area contributed by atoms with Crippen molar-refractivity contribution in [1.29, 1.82) is 0 Å². The molecule has 0 atom stereocenters. The Balaban J connectivity index is 1.66. The van der Waals surface area contributed by atoms with E-state index < -0.39 is 0 Å². The Morgan fingerprint density at radius 3 is 1.44 bits per heavy atom. The smallest absolute Gasteiger partial charge is 0.125 e. The second kappa shape index (κ2) is 16.2. The lowest BCUT2D eigenvalue weighted by atomic mass is 10.1. The summed E-state index contributed by atoms with van der Waals surface area (Å²) in [6, 6.07) is 21.1. The Hall–Kier alpha value is -3.00. The predicted octanol–water partition coefficient (Wildman–Crippen LogP) is 5.96.